The average Bonchev–Trinajstić information content (AvgIpc) is 3.26. The van der Waals surface area contributed by atoms with Crippen LogP contribution in [0.3, 0.4) is 0 Å². The third-order valence-corrected chi connectivity index (χ3v) is 4.16. The summed E-state index contributed by atoms with van der Waals surface area (Å²) in [6.07, 6.45) is 2.41. The number of hydrogen-bond donors (Lipinski definition) is 2. The van der Waals surface area contributed by atoms with E-state index in [1.807, 2.05) is 31.2 Å². The number of thiocarbonyl (C=S) groups is 1. The van der Waals surface area contributed by atoms with E-state index in [0.717, 1.165) is 24.8 Å². The van der Waals surface area contributed by atoms with Crippen molar-refractivity contribution in [2.45, 2.75) is 25.9 Å². The van der Waals surface area contributed by atoms with Crippen LogP contribution >= 0.6 is 12.2 Å². The van der Waals surface area contributed by atoms with Crippen molar-refractivity contribution in [3.05, 3.63) is 30.0 Å². The Labute approximate surface area is 146 Å². The molecule has 1 aromatic carbocycles. The highest BCUT2D eigenvalue weighted by atomic mass is 32.1. The van der Waals surface area contributed by atoms with Gasteiger partial charge in [0.05, 0.1) is 13.2 Å². The average molecular weight is 347 g/mol. The number of benzene rings is 1. The van der Waals surface area contributed by atoms with Crippen molar-refractivity contribution < 1.29 is 13.9 Å². The highest BCUT2D eigenvalue weighted by Gasteiger charge is 2.15. The molecule has 0 amide bonds. The van der Waals surface area contributed by atoms with Crippen molar-refractivity contribution in [1.82, 2.24) is 10.7 Å². The number of para-hydroxylation sites is 1. The number of rotatable bonds is 5. The van der Waals surface area contributed by atoms with Crippen LogP contribution in [0, 0.1) is 0 Å². The van der Waals surface area contributed by atoms with Gasteiger partial charge in [-0.1, -0.05) is 12.1 Å². The Kier molecular flexibility index (Phi) is 5.32. The molecule has 0 bridgehead atoms. The molecule has 24 heavy (non-hydrogen) atoms. The summed E-state index contributed by atoms with van der Waals surface area (Å²) in [7, 11) is 1.62. The fourth-order valence-electron chi connectivity index (χ4n) is 2.62. The van der Waals surface area contributed by atoms with Crippen LogP contribution in [0.1, 0.15) is 25.5 Å². The Balaban J connectivity index is 1.61. The highest BCUT2D eigenvalue weighted by molar-refractivity contribution is 7.80. The molecule has 2 aromatic rings. The lowest BCUT2D eigenvalue weighted by molar-refractivity contribution is 0.114. The molecule has 1 aromatic heterocycles. The molecule has 7 heteroatoms. The predicted molar refractivity (Wildman–Crippen MR) is 97.7 cm³/mol. The van der Waals surface area contributed by atoms with E-state index in [1.165, 1.54) is 0 Å². The van der Waals surface area contributed by atoms with Gasteiger partial charge in [-0.2, -0.15) is 5.10 Å². The monoisotopic (exact) mass is 347 g/mol. The SMILES string of the molecule is COc1cccc2cc(/C(C)=N\NC(=S)NC[C@@H]3CCCO3)oc12. The van der Waals surface area contributed by atoms with Crippen molar-refractivity contribution in [2.75, 3.05) is 20.3 Å². The predicted octanol–water partition coefficient (Wildman–Crippen LogP) is 2.81. The van der Waals surface area contributed by atoms with Crippen molar-refractivity contribution >= 4 is 34.0 Å². The van der Waals surface area contributed by atoms with Crippen LogP contribution in [0.2, 0.25) is 0 Å². The summed E-state index contributed by atoms with van der Waals surface area (Å²) in [4.78, 5) is 0. The van der Waals surface area contributed by atoms with E-state index >= 15 is 0 Å². The number of ether oxygens (including phenoxy) is 2. The number of nitrogens with one attached hydrogen (secondary N) is 2. The molecule has 0 saturated carbocycles. The van der Waals surface area contributed by atoms with E-state index < -0.39 is 0 Å². The molecular formula is C17H21N3O3S. The summed E-state index contributed by atoms with van der Waals surface area (Å²) in [6.45, 7) is 3.39. The van der Waals surface area contributed by atoms with E-state index in [9.17, 15) is 0 Å². The third-order valence-electron chi connectivity index (χ3n) is 3.92. The van der Waals surface area contributed by atoms with Gasteiger partial charge in [-0.3, -0.25) is 5.43 Å². The Morgan fingerprint density at radius 2 is 2.33 bits per heavy atom. The first-order chi connectivity index (χ1) is 11.7. The molecular weight excluding hydrogens is 326 g/mol. The van der Waals surface area contributed by atoms with Gasteiger partial charge in [-0.25, -0.2) is 0 Å². The van der Waals surface area contributed by atoms with Crippen LogP contribution in [0.4, 0.5) is 0 Å². The topological polar surface area (TPSA) is 68.0 Å². The summed E-state index contributed by atoms with van der Waals surface area (Å²) in [5, 5.41) is 8.83. The van der Waals surface area contributed by atoms with Crippen LogP contribution in [-0.2, 0) is 4.74 Å². The van der Waals surface area contributed by atoms with Gasteiger partial charge < -0.3 is 19.2 Å². The lowest BCUT2D eigenvalue weighted by Gasteiger charge is -2.12. The molecule has 128 valence electrons. The minimum Gasteiger partial charge on any atom is -0.493 e. The zero-order valence-electron chi connectivity index (χ0n) is 13.8. The summed E-state index contributed by atoms with van der Waals surface area (Å²) < 4.78 is 16.7. The zero-order valence-corrected chi connectivity index (χ0v) is 14.6. The Morgan fingerprint density at radius 1 is 1.46 bits per heavy atom. The summed E-state index contributed by atoms with van der Waals surface area (Å²) >= 11 is 5.23. The number of methoxy groups -OCH3 is 1. The van der Waals surface area contributed by atoms with Gasteiger partial charge in [0.2, 0.25) is 0 Å². The second-order valence-corrected chi connectivity index (χ2v) is 6.05. The van der Waals surface area contributed by atoms with Crippen molar-refractivity contribution in [1.29, 1.82) is 0 Å². The minimum absolute atomic E-state index is 0.234. The number of hydrogen-bond acceptors (Lipinski definition) is 5. The number of furan rings is 1. The van der Waals surface area contributed by atoms with Crippen molar-refractivity contribution in [3.8, 4) is 5.75 Å². The largest absolute Gasteiger partial charge is 0.493 e. The molecule has 1 atom stereocenters. The van der Waals surface area contributed by atoms with Crippen LogP contribution in [0.25, 0.3) is 11.0 Å². The molecule has 0 spiro atoms. The van der Waals surface area contributed by atoms with Gasteiger partial charge in [0.25, 0.3) is 0 Å². The molecule has 2 N–H and O–H groups in total. The Hall–Kier alpha value is -2.12. The zero-order chi connectivity index (χ0) is 16.9. The molecule has 1 saturated heterocycles. The van der Waals surface area contributed by atoms with Gasteiger partial charge in [-0.05, 0) is 44.1 Å². The lowest BCUT2D eigenvalue weighted by Crippen LogP contribution is -2.37. The smallest absolute Gasteiger partial charge is 0.187 e. The number of hydrazone groups is 1. The molecule has 0 aliphatic carbocycles. The van der Waals surface area contributed by atoms with Gasteiger partial charge in [0.15, 0.2) is 22.2 Å². The first kappa shape index (κ1) is 16.7. The molecule has 3 rings (SSSR count). The Bertz CT molecular complexity index is 751. The number of fused-ring (bicyclic) bond motifs is 1. The standard InChI is InChI=1S/C17H21N3O3S/c1-11(19-20-17(24)18-10-13-6-4-8-22-13)15-9-12-5-3-7-14(21-2)16(12)23-15/h3,5,7,9,13H,4,6,8,10H2,1-2H3,(H2,18,20,24)/b19-11-/t13-/m0/s1. The molecule has 2 heterocycles. The van der Waals surface area contributed by atoms with E-state index in [0.29, 0.717) is 34.5 Å². The second kappa shape index (κ2) is 7.63. The Morgan fingerprint density at radius 3 is 3.08 bits per heavy atom. The van der Waals surface area contributed by atoms with Gasteiger partial charge in [0.1, 0.15) is 5.71 Å². The molecule has 6 nitrogen and oxygen atoms in total. The molecule has 1 aliphatic heterocycles. The normalized spacial score (nSPS) is 17.9. The van der Waals surface area contributed by atoms with Crippen molar-refractivity contribution in [2.24, 2.45) is 5.10 Å². The maximum atomic E-state index is 5.85. The first-order valence-corrected chi connectivity index (χ1v) is 8.35. The van der Waals surface area contributed by atoms with E-state index in [2.05, 4.69) is 15.8 Å². The summed E-state index contributed by atoms with van der Waals surface area (Å²) in [6, 6.07) is 7.69. The van der Waals surface area contributed by atoms with Gasteiger partial charge >= 0.3 is 0 Å². The maximum absolute atomic E-state index is 5.85. The quantitative estimate of drug-likeness (QED) is 0.492. The van der Waals surface area contributed by atoms with Crippen LogP contribution in [-0.4, -0.2) is 37.2 Å². The molecule has 0 radical (unpaired) electrons. The van der Waals surface area contributed by atoms with E-state index in [1.54, 1.807) is 7.11 Å². The van der Waals surface area contributed by atoms with E-state index in [4.69, 9.17) is 26.1 Å². The summed E-state index contributed by atoms with van der Waals surface area (Å²) in [5.74, 6) is 1.37. The number of nitrogens with zero attached hydrogens (tertiary/aromatic N) is 1. The third kappa shape index (κ3) is 3.85. The molecule has 0 unspecified atom stereocenters. The first-order valence-electron chi connectivity index (χ1n) is 7.94. The fraction of sp³-hybridized carbons (Fsp3) is 0.412. The lowest BCUT2D eigenvalue weighted by atomic mass is 10.2. The van der Waals surface area contributed by atoms with Gasteiger partial charge in [0, 0.05) is 18.5 Å². The highest BCUT2D eigenvalue weighted by Crippen LogP contribution is 2.28. The minimum atomic E-state index is 0.234. The maximum Gasteiger partial charge on any atom is 0.187 e. The fourth-order valence-corrected chi connectivity index (χ4v) is 2.75. The van der Waals surface area contributed by atoms with Crippen LogP contribution in [0.5, 0.6) is 5.75 Å². The second-order valence-electron chi connectivity index (χ2n) is 5.64. The molecule has 1 fully saturated rings. The summed E-state index contributed by atoms with van der Waals surface area (Å²) in [5.41, 5.74) is 4.25. The van der Waals surface area contributed by atoms with Gasteiger partial charge in [-0.15, -0.1) is 0 Å². The van der Waals surface area contributed by atoms with Crippen LogP contribution < -0.4 is 15.5 Å². The molecule has 1 aliphatic rings. The van der Waals surface area contributed by atoms with Crippen molar-refractivity contribution in [3.63, 3.8) is 0 Å². The van der Waals surface area contributed by atoms with Crippen LogP contribution in [0.15, 0.2) is 33.8 Å². The van der Waals surface area contributed by atoms with E-state index in [-0.39, 0.29) is 6.10 Å².